The van der Waals surface area contributed by atoms with Gasteiger partial charge in [0.2, 0.25) is 0 Å². The second kappa shape index (κ2) is 5.40. The van der Waals surface area contributed by atoms with Crippen molar-refractivity contribution in [3.8, 4) is 0 Å². The minimum atomic E-state index is -0.665. The molecule has 2 heterocycles. The van der Waals surface area contributed by atoms with Crippen molar-refractivity contribution in [3.63, 3.8) is 0 Å². The van der Waals surface area contributed by atoms with Crippen molar-refractivity contribution in [1.29, 1.82) is 0 Å². The summed E-state index contributed by atoms with van der Waals surface area (Å²) >= 11 is 0. The first-order chi connectivity index (χ1) is 8.44. The van der Waals surface area contributed by atoms with Crippen molar-refractivity contribution in [2.75, 3.05) is 20.5 Å². The average molecular weight is 261 g/mol. The van der Waals surface area contributed by atoms with E-state index in [1.54, 1.807) is 7.11 Å². The smallest absolute Gasteiger partial charge is 0.163 e. The zero-order valence-electron chi connectivity index (χ0n) is 11.4. The number of nitrogens with one attached hydrogen (secondary N) is 1. The SMILES string of the molecule is COCOC[C@H]1N[C@H](C)[C@H](O)[C@H]2OC(C)(C)O[C@H]21. The van der Waals surface area contributed by atoms with E-state index in [-0.39, 0.29) is 31.1 Å². The van der Waals surface area contributed by atoms with Crippen LogP contribution in [0.4, 0.5) is 0 Å². The number of aliphatic hydroxyl groups is 1. The number of aliphatic hydroxyl groups excluding tert-OH is 1. The van der Waals surface area contributed by atoms with Crippen LogP contribution in [0.3, 0.4) is 0 Å². The van der Waals surface area contributed by atoms with Gasteiger partial charge in [-0.25, -0.2) is 0 Å². The van der Waals surface area contributed by atoms with Gasteiger partial charge in [-0.3, -0.25) is 0 Å². The molecule has 0 amide bonds. The number of hydrogen-bond acceptors (Lipinski definition) is 6. The Bertz CT molecular complexity index is 286. The molecule has 2 rings (SSSR count). The molecule has 0 aromatic rings. The summed E-state index contributed by atoms with van der Waals surface area (Å²) in [6, 6.07) is -0.0646. The van der Waals surface area contributed by atoms with Gasteiger partial charge in [-0.15, -0.1) is 0 Å². The lowest BCUT2D eigenvalue weighted by atomic mass is 9.91. The van der Waals surface area contributed by atoms with Crippen LogP contribution in [0.15, 0.2) is 0 Å². The van der Waals surface area contributed by atoms with Crippen LogP contribution in [-0.2, 0) is 18.9 Å². The largest absolute Gasteiger partial charge is 0.389 e. The number of hydrogen-bond donors (Lipinski definition) is 2. The van der Waals surface area contributed by atoms with Crippen LogP contribution < -0.4 is 5.32 Å². The Balaban J connectivity index is 2.02. The molecule has 2 saturated heterocycles. The van der Waals surface area contributed by atoms with Gasteiger partial charge in [-0.1, -0.05) is 0 Å². The Morgan fingerprint density at radius 1 is 1.28 bits per heavy atom. The Labute approximate surface area is 108 Å². The lowest BCUT2D eigenvalue weighted by molar-refractivity contribution is -0.154. The molecule has 0 unspecified atom stereocenters. The van der Waals surface area contributed by atoms with E-state index in [1.807, 2.05) is 20.8 Å². The van der Waals surface area contributed by atoms with Gasteiger partial charge in [-0.05, 0) is 20.8 Å². The second-order valence-corrected chi connectivity index (χ2v) is 5.39. The van der Waals surface area contributed by atoms with Crippen LogP contribution >= 0.6 is 0 Å². The maximum Gasteiger partial charge on any atom is 0.163 e. The summed E-state index contributed by atoms with van der Waals surface area (Å²) in [6.07, 6.45) is -1.09. The third kappa shape index (κ3) is 2.84. The maximum atomic E-state index is 10.1. The molecule has 0 saturated carbocycles. The molecule has 2 N–H and O–H groups in total. The van der Waals surface area contributed by atoms with Gasteiger partial charge < -0.3 is 29.4 Å². The molecule has 2 aliphatic heterocycles. The topological polar surface area (TPSA) is 69.2 Å². The van der Waals surface area contributed by atoms with Crippen LogP contribution in [0.25, 0.3) is 0 Å². The molecular formula is C12H23NO5. The summed E-state index contributed by atoms with van der Waals surface area (Å²) in [7, 11) is 1.59. The van der Waals surface area contributed by atoms with Gasteiger partial charge >= 0.3 is 0 Å². The van der Waals surface area contributed by atoms with Crippen molar-refractivity contribution < 1.29 is 24.1 Å². The van der Waals surface area contributed by atoms with E-state index in [0.29, 0.717) is 6.61 Å². The summed E-state index contributed by atoms with van der Waals surface area (Å²) in [5.74, 6) is -0.665. The molecule has 6 heteroatoms. The molecule has 6 nitrogen and oxygen atoms in total. The Morgan fingerprint density at radius 2 is 1.94 bits per heavy atom. The molecule has 2 aliphatic rings. The van der Waals surface area contributed by atoms with Crippen molar-refractivity contribution >= 4 is 0 Å². The van der Waals surface area contributed by atoms with Gasteiger partial charge in [-0.2, -0.15) is 0 Å². The van der Waals surface area contributed by atoms with Gasteiger partial charge in [0, 0.05) is 13.2 Å². The first kappa shape index (κ1) is 14.2. The lowest BCUT2D eigenvalue weighted by Gasteiger charge is -2.39. The fourth-order valence-corrected chi connectivity index (χ4v) is 2.61. The predicted octanol–water partition coefficient (Wildman–Crippen LogP) is -0.152. The zero-order valence-corrected chi connectivity index (χ0v) is 11.4. The van der Waals surface area contributed by atoms with Crippen molar-refractivity contribution in [2.45, 2.75) is 57.0 Å². The highest BCUT2D eigenvalue weighted by atomic mass is 16.8. The molecule has 5 atom stereocenters. The summed E-state index contributed by atoms with van der Waals surface area (Å²) in [4.78, 5) is 0. The van der Waals surface area contributed by atoms with E-state index in [9.17, 15) is 5.11 Å². The molecule has 0 spiro atoms. The molecule has 0 bridgehead atoms. The quantitative estimate of drug-likeness (QED) is 0.542. The minimum absolute atomic E-state index is 0.00896. The van der Waals surface area contributed by atoms with Gasteiger partial charge in [0.25, 0.3) is 0 Å². The first-order valence-electron chi connectivity index (χ1n) is 6.31. The van der Waals surface area contributed by atoms with E-state index >= 15 is 0 Å². The third-order valence-corrected chi connectivity index (χ3v) is 3.38. The standard InChI is InChI=1S/C12H23NO5/c1-7-9(14)11-10(17-12(2,3)18-11)8(13-7)5-16-6-15-4/h7-11,13-14H,5-6H2,1-4H3/t7-,8-,9+,10+,11-/m1/s1. The van der Waals surface area contributed by atoms with Crippen molar-refractivity contribution in [2.24, 2.45) is 0 Å². The summed E-state index contributed by atoms with van der Waals surface area (Å²) in [5.41, 5.74) is 0. The number of fused-ring (bicyclic) bond motifs is 1. The molecule has 106 valence electrons. The van der Waals surface area contributed by atoms with E-state index in [4.69, 9.17) is 18.9 Å². The Hall–Kier alpha value is -0.240. The van der Waals surface area contributed by atoms with E-state index in [2.05, 4.69) is 5.32 Å². The molecule has 18 heavy (non-hydrogen) atoms. The second-order valence-electron chi connectivity index (χ2n) is 5.39. The van der Waals surface area contributed by atoms with E-state index in [0.717, 1.165) is 0 Å². The van der Waals surface area contributed by atoms with Gasteiger partial charge in [0.15, 0.2) is 5.79 Å². The first-order valence-corrected chi connectivity index (χ1v) is 6.31. The summed E-state index contributed by atoms with van der Waals surface area (Å²) < 4.78 is 21.9. The fourth-order valence-electron chi connectivity index (χ4n) is 2.61. The number of rotatable bonds is 4. The van der Waals surface area contributed by atoms with Gasteiger partial charge in [0.05, 0.1) is 18.8 Å². The normalized spacial score (nSPS) is 42.8. The number of methoxy groups -OCH3 is 1. The van der Waals surface area contributed by atoms with Crippen molar-refractivity contribution in [1.82, 2.24) is 5.32 Å². The highest BCUT2D eigenvalue weighted by Crippen LogP contribution is 2.35. The molecule has 0 aliphatic carbocycles. The molecule has 0 aromatic heterocycles. The number of piperidine rings is 1. The average Bonchev–Trinajstić information content (AvgIpc) is 2.62. The molecular weight excluding hydrogens is 238 g/mol. The summed E-state index contributed by atoms with van der Waals surface area (Å²) in [5, 5.41) is 13.4. The minimum Gasteiger partial charge on any atom is -0.389 e. The van der Waals surface area contributed by atoms with Crippen LogP contribution in [0, 0.1) is 0 Å². The van der Waals surface area contributed by atoms with E-state index < -0.39 is 11.9 Å². The van der Waals surface area contributed by atoms with Crippen molar-refractivity contribution in [3.05, 3.63) is 0 Å². The maximum absolute atomic E-state index is 10.1. The zero-order chi connectivity index (χ0) is 13.3. The van der Waals surface area contributed by atoms with Crippen LogP contribution in [0.2, 0.25) is 0 Å². The number of ether oxygens (including phenoxy) is 4. The van der Waals surface area contributed by atoms with Gasteiger partial charge in [0.1, 0.15) is 19.0 Å². The lowest BCUT2D eigenvalue weighted by Crippen LogP contribution is -2.64. The Morgan fingerprint density at radius 3 is 2.61 bits per heavy atom. The van der Waals surface area contributed by atoms with Crippen LogP contribution in [0.5, 0.6) is 0 Å². The highest BCUT2D eigenvalue weighted by molar-refractivity contribution is 5.02. The molecule has 0 aromatic carbocycles. The highest BCUT2D eigenvalue weighted by Gasteiger charge is 2.52. The molecule has 0 radical (unpaired) electrons. The van der Waals surface area contributed by atoms with E-state index in [1.165, 1.54) is 0 Å². The predicted molar refractivity (Wildman–Crippen MR) is 64.0 cm³/mol. The van der Waals surface area contributed by atoms with Crippen LogP contribution in [-0.4, -0.2) is 61.8 Å². The third-order valence-electron chi connectivity index (χ3n) is 3.38. The summed E-state index contributed by atoms with van der Waals surface area (Å²) in [6.45, 7) is 6.35. The van der Waals surface area contributed by atoms with Crippen LogP contribution in [0.1, 0.15) is 20.8 Å². The molecule has 2 fully saturated rings. The fraction of sp³-hybridized carbons (Fsp3) is 1.00. The monoisotopic (exact) mass is 261 g/mol. The Kier molecular flexibility index (Phi) is 4.25.